The SMILES string of the molecule is COCCN(Cc1ccccc1C(N)=S)C(C)COC. The van der Waals surface area contributed by atoms with Crippen LogP contribution >= 0.6 is 12.2 Å². The number of methoxy groups -OCH3 is 2. The number of rotatable bonds is 9. The Hall–Kier alpha value is -1.01. The van der Waals surface area contributed by atoms with Crippen molar-refractivity contribution in [1.29, 1.82) is 0 Å². The maximum Gasteiger partial charge on any atom is 0.104 e. The Morgan fingerprint density at radius 3 is 2.60 bits per heavy atom. The topological polar surface area (TPSA) is 47.7 Å². The van der Waals surface area contributed by atoms with Gasteiger partial charge in [-0.05, 0) is 12.5 Å². The first-order valence-electron chi connectivity index (χ1n) is 6.69. The van der Waals surface area contributed by atoms with Gasteiger partial charge in [0.1, 0.15) is 4.99 Å². The van der Waals surface area contributed by atoms with E-state index in [4.69, 9.17) is 27.4 Å². The molecule has 0 fully saturated rings. The van der Waals surface area contributed by atoms with Crippen molar-refractivity contribution in [3.8, 4) is 0 Å². The highest BCUT2D eigenvalue weighted by Crippen LogP contribution is 2.14. The lowest BCUT2D eigenvalue weighted by Gasteiger charge is -2.29. The van der Waals surface area contributed by atoms with Crippen LogP contribution in [0, 0.1) is 0 Å². The Morgan fingerprint density at radius 1 is 1.30 bits per heavy atom. The molecule has 1 aromatic carbocycles. The molecule has 0 radical (unpaired) electrons. The van der Waals surface area contributed by atoms with Crippen LogP contribution in [0.25, 0.3) is 0 Å². The Morgan fingerprint density at radius 2 is 2.00 bits per heavy atom. The molecule has 0 saturated carbocycles. The maximum absolute atomic E-state index is 5.79. The number of nitrogens with two attached hydrogens (primary N) is 1. The summed E-state index contributed by atoms with van der Waals surface area (Å²) in [4.78, 5) is 2.75. The fourth-order valence-corrected chi connectivity index (χ4v) is 2.33. The van der Waals surface area contributed by atoms with E-state index in [9.17, 15) is 0 Å². The van der Waals surface area contributed by atoms with Crippen molar-refractivity contribution in [3.63, 3.8) is 0 Å². The van der Waals surface area contributed by atoms with Gasteiger partial charge in [-0.2, -0.15) is 0 Å². The minimum Gasteiger partial charge on any atom is -0.389 e. The summed E-state index contributed by atoms with van der Waals surface area (Å²) in [6.45, 7) is 5.12. The molecule has 20 heavy (non-hydrogen) atoms. The van der Waals surface area contributed by atoms with Crippen molar-refractivity contribution >= 4 is 17.2 Å². The fourth-order valence-electron chi connectivity index (χ4n) is 2.13. The number of thiocarbonyl (C=S) groups is 1. The Labute approximate surface area is 126 Å². The van der Waals surface area contributed by atoms with Gasteiger partial charge in [-0.15, -0.1) is 0 Å². The first-order valence-corrected chi connectivity index (χ1v) is 7.10. The molecular weight excluding hydrogens is 272 g/mol. The van der Waals surface area contributed by atoms with Crippen LogP contribution < -0.4 is 5.73 Å². The van der Waals surface area contributed by atoms with Gasteiger partial charge in [0, 0.05) is 38.9 Å². The second-order valence-corrected chi connectivity index (χ2v) is 5.23. The third-order valence-corrected chi connectivity index (χ3v) is 3.49. The van der Waals surface area contributed by atoms with Crippen molar-refractivity contribution in [2.75, 3.05) is 34.0 Å². The lowest BCUT2D eigenvalue weighted by molar-refractivity contribution is 0.0705. The molecule has 112 valence electrons. The summed E-state index contributed by atoms with van der Waals surface area (Å²) in [5.41, 5.74) is 7.87. The van der Waals surface area contributed by atoms with Crippen LogP contribution in [0.4, 0.5) is 0 Å². The monoisotopic (exact) mass is 296 g/mol. The van der Waals surface area contributed by atoms with Crippen molar-refractivity contribution in [2.24, 2.45) is 5.73 Å². The van der Waals surface area contributed by atoms with E-state index in [-0.39, 0.29) is 0 Å². The molecule has 4 nitrogen and oxygen atoms in total. The minimum absolute atomic E-state index is 0.301. The van der Waals surface area contributed by atoms with E-state index < -0.39 is 0 Å². The molecule has 1 rings (SSSR count). The van der Waals surface area contributed by atoms with Gasteiger partial charge in [-0.25, -0.2) is 0 Å². The van der Waals surface area contributed by atoms with Crippen molar-refractivity contribution in [3.05, 3.63) is 35.4 Å². The van der Waals surface area contributed by atoms with E-state index in [1.54, 1.807) is 14.2 Å². The van der Waals surface area contributed by atoms with Gasteiger partial charge in [0.2, 0.25) is 0 Å². The lowest BCUT2D eigenvalue weighted by atomic mass is 10.1. The number of hydrogen-bond donors (Lipinski definition) is 1. The Balaban J connectivity index is 2.85. The molecule has 1 aromatic rings. The van der Waals surface area contributed by atoms with Crippen LogP contribution in [-0.2, 0) is 16.0 Å². The highest BCUT2D eigenvalue weighted by molar-refractivity contribution is 7.80. The average Bonchev–Trinajstić information content (AvgIpc) is 2.43. The van der Waals surface area contributed by atoms with Crippen LogP contribution in [0.1, 0.15) is 18.1 Å². The molecule has 0 aromatic heterocycles. The summed E-state index contributed by atoms with van der Waals surface area (Å²) >= 11 is 5.12. The van der Waals surface area contributed by atoms with Gasteiger partial charge in [0.25, 0.3) is 0 Å². The van der Waals surface area contributed by atoms with E-state index in [1.165, 1.54) is 0 Å². The molecule has 0 aliphatic heterocycles. The molecule has 1 atom stereocenters. The minimum atomic E-state index is 0.301. The summed E-state index contributed by atoms with van der Waals surface area (Å²) in [7, 11) is 3.43. The average molecular weight is 296 g/mol. The second kappa shape index (κ2) is 9.02. The number of benzene rings is 1. The summed E-state index contributed by atoms with van der Waals surface area (Å²) in [5.74, 6) is 0. The number of ether oxygens (including phenoxy) is 2. The predicted octanol–water partition coefficient (Wildman–Crippen LogP) is 1.80. The number of hydrogen-bond acceptors (Lipinski definition) is 4. The van der Waals surface area contributed by atoms with E-state index in [0.29, 0.717) is 24.2 Å². The normalized spacial score (nSPS) is 12.6. The molecule has 0 aliphatic rings. The zero-order valence-corrected chi connectivity index (χ0v) is 13.3. The first-order chi connectivity index (χ1) is 9.60. The molecule has 0 amide bonds. The van der Waals surface area contributed by atoms with Crippen LogP contribution in [0.3, 0.4) is 0 Å². The van der Waals surface area contributed by atoms with Gasteiger partial charge < -0.3 is 15.2 Å². The molecule has 0 bridgehead atoms. The molecule has 0 saturated heterocycles. The van der Waals surface area contributed by atoms with Crippen LogP contribution in [0.5, 0.6) is 0 Å². The Bertz CT molecular complexity index is 426. The highest BCUT2D eigenvalue weighted by atomic mass is 32.1. The summed E-state index contributed by atoms with van der Waals surface area (Å²) in [6.07, 6.45) is 0. The molecule has 0 aliphatic carbocycles. The molecule has 1 unspecified atom stereocenters. The zero-order valence-electron chi connectivity index (χ0n) is 12.5. The summed E-state index contributed by atoms with van der Waals surface area (Å²) < 4.78 is 10.4. The second-order valence-electron chi connectivity index (χ2n) is 4.79. The summed E-state index contributed by atoms with van der Waals surface area (Å²) in [5, 5.41) is 0. The molecule has 2 N–H and O–H groups in total. The predicted molar refractivity (Wildman–Crippen MR) is 86.0 cm³/mol. The molecule has 0 heterocycles. The zero-order chi connectivity index (χ0) is 15.0. The van der Waals surface area contributed by atoms with Crippen molar-refractivity contribution in [1.82, 2.24) is 4.90 Å². The third kappa shape index (κ3) is 5.17. The van der Waals surface area contributed by atoms with Crippen LogP contribution in [0.15, 0.2) is 24.3 Å². The first kappa shape index (κ1) is 17.0. The van der Waals surface area contributed by atoms with Crippen molar-refractivity contribution < 1.29 is 9.47 Å². The third-order valence-electron chi connectivity index (χ3n) is 3.27. The van der Waals surface area contributed by atoms with Gasteiger partial charge in [0.05, 0.1) is 13.2 Å². The van der Waals surface area contributed by atoms with E-state index in [0.717, 1.165) is 24.2 Å². The number of nitrogens with zero attached hydrogens (tertiary/aromatic N) is 1. The van der Waals surface area contributed by atoms with Crippen LogP contribution in [0.2, 0.25) is 0 Å². The largest absolute Gasteiger partial charge is 0.389 e. The van der Waals surface area contributed by atoms with E-state index in [1.807, 2.05) is 18.2 Å². The summed E-state index contributed by atoms with van der Waals surface area (Å²) in [6, 6.07) is 8.29. The van der Waals surface area contributed by atoms with Gasteiger partial charge in [-0.3, -0.25) is 4.90 Å². The molecular formula is C15H24N2O2S. The van der Waals surface area contributed by atoms with Gasteiger partial charge in [0.15, 0.2) is 0 Å². The maximum atomic E-state index is 5.79. The lowest BCUT2D eigenvalue weighted by Crippen LogP contribution is -2.38. The van der Waals surface area contributed by atoms with E-state index in [2.05, 4.69) is 17.9 Å². The van der Waals surface area contributed by atoms with Crippen molar-refractivity contribution in [2.45, 2.75) is 19.5 Å². The smallest absolute Gasteiger partial charge is 0.104 e. The standard InChI is InChI=1S/C15H24N2O2S/c1-12(11-19-3)17(8-9-18-2)10-13-6-4-5-7-14(13)15(16)20/h4-7,12H,8-11H2,1-3H3,(H2,16,20). The highest BCUT2D eigenvalue weighted by Gasteiger charge is 2.16. The Kier molecular flexibility index (Phi) is 7.69. The van der Waals surface area contributed by atoms with Gasteiger partial charge >= 0.3 is 0 Å². The quantitative estimate of drug-likeness (QED) is 0.704. The van der Waals surface area contributed by atoms with E-state index >= 15 is 0 Å². The molecule has 0 spiro atoms. The van der Waals surface area contributed by atoms with Gasteiger partial charge in [-0.1, -0.05) is 36.5 Å². The molecule has 5 heteroatoms. The van der Waals surface area contributed by atoms with Crippen LogP contribution in [-0.4, -0.2) is 49.9 Å². The fraction of sp³-hybridized carbons (Fsp3) is 0.533.